The Balaban J connectivity index is 1.50. The van der Waals surface area contributed by atoms with Gasteiger partial charge >= 0.3 is 0 Å². The van der Waals surface area contributed by atoms with Gasteiger partial charge in [0.2, 0.25) is 0 Å². The SMILES string of the molecule is CC(C)[C@H]1CN(c2ccc(-c3cnc(N)c(-c4ccc5c(c4)CCNC5=O)c3F)c(F)c2)CCO1. The van der Waals surface area contributed by atoms with Crippen LogP contribution in [0.2, 0.25) is 0 Å². The molecule has 0 spiro atoms. The number of hydrogen-bond acceptors (Lipinski definition) is 5. The van der Waals surface area contributed by atoms with Crippen LogP contribution in [0.4, 0.5) is 20.3 Å². The number of aromatic nitrogens is 1. The van der Waals surface area contributed by atoms with Crippen LogP contribution < -0.4 is 16.0 Å². The number of anilines is 2. The van der Waals surface area contributed by atoms with E-state index in [9.17, 15) is 4.79 Å². The largest absolute Gasteiger partial charge is 0.383 e. The minimum atomic E-state index is -0.643. The fourth-order valence-corrected chi connectivity index (χ4v) is 4.78. The Labute approximate surface area is 203 Å². The van der Waals surface area contributed by atoms with Gasteiger partial charge in [-0.1, -0.05) is 26.0 Å². The summed E-state index contributed by atoms with van der Waals surface area (Å²) in [5.74, 6) is -0.964. The average Bonchev–Trinajstić information content (AvgIpc) is 2.85. The first-order valence-electron chi connectivity index (χ1n) is 11.9. The number of carbonyl (C=O) groups excluding carboxylic acids is 1. The van der Waals surface area contributed by atoms with Crippen LogP contribution in [0.1, 0.15) is 29.8 Å². The summed E-state index contributed by atoms with van der Waals surface area (Å²) in [6.45, 7) is 6.64. The predicted octanol–water partition coefficient (Wildman–Crippen LogP) is 4.42. The number of morpholine rings is 1. The number of halogens is 2. The zero-order valence-electron chi connectivity index (χ0n) is 19.8. The lowest BCUT2D eigenvalue weighted by Crippen LogP contribution is -2.44. The van der Waals surface area contributed by atoms with Gasteiger partial charge in [0.25, 0.3) is 5.91 Å². The van der Waals surface area contributed by atoms with E-state index in [1.807, 2.05) is 0 Å². The zero-order chi connectivity index (χ0) is 24.7. The molecule has 1 saturated heterocycles. The highest BCUT2D eigenvalue weighted by atomic mass is 19.1. The van der Waals surface area contributed by atoms with Crippen LogP contribution in [0.25, 0.3) is 22.3 Å². The molecule has 2 aliphatic rings. The van der Waals surface area contributed by atoms with Crippen LogP contribution in [0.3, 0.4) is 0 Å². The molecule has 1 aromatic heterocycles. The second-order valence-corrected chi connectivity index (χ2v) is 9.39. The highest BCUT2D eigenvalue weighted by Crippen LogP contribution is 2.37. The first kappa shape index (κ1) is 23.2. The predicted molar refractivity (Wildman–Crippen MR) is 132 cm³/mol. The highest BCUT2D eigenvalue weighted by molar-refractivity contribution is 5.97. The number of rotatable bonds is 4. The molecular formula is C27H28F2N4O2. The van der Waals surface area contributed by atoms with Crippen LogP contribution >= 0.6 is 0 Å². The number of nitrogen functional groups attached to an aromatic ring is 1. The zero-order valence-corrected chi connectivity index (χ0v) is 19.8. The molecule has 0 saturated carbocycles. The van der Waals surface area contributed by atoms with E-state index in [0.29, 0.717) is 49.7 Å². The number of hydrogen-bond donors (Lipinski definition) is 2. The van der Waals surface area contributed by atoms with Crippen LogP contribution in [0.5, 0.6) is 0 Å². The van der Waals surface area contributed by atoms with E-state index in [0.717, 1.165) is 11.3 Å². The monoisotopic (exact) mass is 478 g/mol. The van der Waals surface area contributed by atoms with E-state index in [-0.39, 0.29) is 34.5 Å². The van der Waals surface area contributed by atoms with Crippen molar-refractivity contribution in [1.29, 1.82) is 0 Å². The number of nitrogens with zero attached hydrogens (tertiary/aromatic N) is 2. The van der Waals surface area contributed by atoms with Gasteiger partial charge in [0.15, 0.2) is 0 Å². The average molecular weight is 479 g/mol. The van der Waals surface area contributed by atoms with Crippen LogP contribution in [-0.4, -0.2) is 43.2 Å². The molecule has 3 heterocycles. The van der Waals surface area contributed by atoms with Crippen LogP contribution in [0, 0.1) is 17.6 Å². The van der Waals surface area contributed by atoms with Crippen LogP contribution in [-0.2, 0) is 11.2 Å². The van der Waals surface area contributed by atoms with Crippen molar-refractivity contribution < 1.29 is 18.3 Å². The van der Waals surface area contributed by atoms with Crippen molar-refractivity contribution in [3.8, 4) is 22.3 Å². The Morgan fingerprint density at radius 3 is 2.71 bits per heavy atom. The summed E-state index contributed by atoms with van der Waals surface area (Å²) >= 11 is 0. The minimum absolute atomic E-state index is 0.0107. The molecule has 8 heteroatoms. The first-order chi connectivity index (χ1) is 16.8. The van der Waals surface area contributed by atoms with Crippen LogP contribution in [0.15, 0.2) is 42.6 Å². The maximum atomic E-state index is 15.8. The van der Waals surface area contributed by atoms with Crippen molar-refractivity contribution in [2.24, 2.45) is 5.92 Å². The van der Waals surface area contributed by atoms with Crippen molar-refractivity contribution >= 4 is 17.4 Å². The lowest BCUT2D eigenvalue weighted by molar-refractivity contribution is 0.0114. The molecule has 6 nitrogen and oxygen atoms in total. The number of nitrogens with two attached hydrogens (primary N) is 1. The Bertz CT molecular complexity index is 1290. The number of nitrogens with one attached hydrogen (secondary N) is 1. The van der Waals surface area contributed by atoms with E-state index in [2.05, 4.69) is 29.0 Å². The summed E-state index contributed by atoms with van der Waals surface area (Å²) in [5, 5.41) is 2.79. The van der Waals surface area contributed by atoms with Gasteiger partial charge in [-0.05, 0) is 47.7 Å². The van der Waals surface area contributed by atoms with E-state index >= 15 is 8.78 Å². The molecule has 1 amide bonds. The van der Waals surface area contributed by atoms with Gasteiger partial charge in [0.05, 0.1) is 18.3 Å². The summed E-state index contributed by atoms with van der Waals surface area (Å²) in [7, 11) is 0. The number of ether oxygens (including phenoxy) is 1. The Morgan fingerprint density at radius 2 is 1.94 bits per heavy atom. The third-order valence-electron chi connectivity index (χ3n) is 6.81. The van der Waals surface area contributed by atoms with Gasteiger partial charge in [0.1, 0.15) is 17.5 Å². The molecule has 182 valence electrons. The molecule has 3 aromatic rings. The number of pyridine rings is 1. The minimum Gasteiger partial charge on any atom is -0.383 e. The van der Waals surface area contributed by atoms with Crippen molar-refractivity contribution in [3.05, 3.63) is 65.4 Å². The molecule has 1 fully saturated rings. The molecule has 35 heavy (non-hydrogen) atoms. The number of amides is 1. The van der Waals surface area contributed by atoms with E-state index in [1.54, 1.807) is 30.3 Å². The van der Waals surface area contributed by atoms with Gasteiger partial charge in [-0.15, -0.1) is 0 Å². The summed E-state index contributed by atoms with van der Waals surface area (Å²) in [6, 6.07) is 9.89. The lowest BCUT2D eigenvalue weighted by Gasteiger charge is -2.36. The Morgan fingerprint density at radius 1 is 1.14 bits per heavy atom. The topological polar surface area (TPSA) is 80.5 Å². The van der Waals surface area contributed by atoms with Gasteiger partial charge in [-0.2, -0.15) is 0 Å². The highest BCUT2D eigenvalue weighted by Gasteiger charge is 2.25. The second-order valence-electron chi connectivity index (χ2n) is 9.39. The molecule has 0 aliphatic carbocycles. The second kappa shape index (κ2) is 9.26. The fraction of sp³-hybridized carbons (Fsp3) is 0.333. The molecule has 2 aliphatic heterocycles. The lowest BCUT2D eigenvalue weighted by atomic mass is 9.93. The summed E-state index contributed by atoms with van der Waals surface area (Å²) in [5.41, 5.74) is 8.94. The molecule has 0 radical (unpaired) electrons. The van der Waals surface area contributed by atoms with Crippen molar-refractivity contribution in [2.45, 2.75) is 26.4 Å². The fourth-order valence-electron chi connectivity index (χ4n) is 4.78. The van der Waals surface area contributed by atoms with Gasteiger partial charge in [-0.3, -0.25) is 4.79 Å². The maximum Gasteiger partial charge on any atom is 0.251 e. The summed E-state index contributed by atoms with van der Waals surface area (Å²) in [6.07, 6.45) is 1.98. The number of benzene rings is 2. The smallest absolute Gasteiger partial charge is 0.251 e. The third-order valence-corrected chi connectivity index (χ3v) is 6.81. The van der Waals surface area contributed by atoms with E-state index < -0.39 is 11.6 Å². The summed E-state index contributed by atoms with van der Waals surface area (Å²) in [4.78, 5) is 18.3. The Kier molecular flexibility index (Phi) is 6.15. The van der Waals surface area contributed by atoms with E-state index in [4.69, 9.17) is 10.5 Å². The van der Waals surface area contributed by atoms with E-state index in [1.165, 1.54) is 12.3 Å². The summed E-state index contributed by atoms with van der Waals surface area (Å²) < 4.78 is 36.9. The normalized spacial score (nSPS) is 17.9. The third kappa shape index (κ3) is 4.34. The van der Waals surface area contributed by atoms with Crippen molar-refractivity contribution in [1.82, 2.24) is 10.3 Å². The van der Waals surface area contributed by atoms with Crippen molar-refractivity contribution in [2.75, 3.05) is 36.9 Å². The number of fused-ring (bicyclic) bond motifs is 1. The standard InChI is InChI=1S/C27H28F2N4O2/c1-15(2)23-14-33(9-10-35-23)18-4-6-20(22(28)12-18)21-13-32-26(30)24(25(21)29)17-3-5-19-16(11-17)7-8-31-27(19)34/h3-6,11-13,15,23H,7-10,14H2,1-2H3,(H2,30,32)(H,31,34)/t23-/m1/s1. The van der Waals surface area contributed by atoms with Gasteiger partial charge < -0.3 is 20.7 Å². The molecule has 0 bridgehead atoms. The molecule has 0 unspecified atom stereocenters. The quantitative estimate of drug-likeness (QED) is 0.580. The molecule has 2 aromatic carbocycles. The maximum absolute atomic E-state index is 15.8. The first-order valence-corrected chi connectivity index (χ1v) is 11.9. The van der Waals surface area contributed by atoms with Crippen molar-refractivity contribution in [3.63, 3.8) is 0 Å². The molecule has 5 rings (SSSR count). The molecule has 1 atom stereocenters. The molecule has 3 N–H and O–H groups in total. The van der Waals surface area contributed by atoms with Gasteiger partial charge in [-0.25, -0.2) is 13.8 Å². The number of carbonyl (C=O) groups is 1. The van der Waals surface area contributed by atoms with Gasteiger partial charge in [0, 0.05) is 48.2 Å². The molecular weight excluding hydrogens is 450 g/mol. The Hall–Kier alpha value is -3.52.